The minimum absolute atomic E-state index is 0.127. The summed E-state index contributed by atoms with van der Waals surface area (Å²) in [5.74, 6) is 0.391. The zero-order chi connectivity index (χ0) is 13.8. The van der Waals surface area contributed by atoms with Gasteiger partial charge in [0.05, 0.1) is 0 Å². The van der Waals surface area contributed by atoms with Gasteiger partial charge in [0.25, 0.3) is 0 Å². The van der Waals surface area contributed by atoms with Crippen LogP contribution in [0.2, 0.25) is 0 Å². The Morgan fingerprint density at radius 2 is 2.21 bits per heavy atom. The van der Waals surface area contributed by atoms with Gasteiger partial charge >= 0.3 is 11.7 Å². The Hall–Kier alpha value is -2.63. The van der Waals surface area contributed by atoms with Crippen LogP contribution < -0.4 is 16.3 Å². The van der Waals surface area contributed by atoms with Crippen LogP contribution in [-0.4, -0.2) is 17.6 Å². The SMILES string of the molecule is CCN(C(N)=O)c1ccc(-c2cccnc2)oc1=O. The average Bonchev–Trinajstić information content (AvgIpc) is 2.42. The predicted molar refractivity (Wildman–Crippen MR) is 70.8 cm³/mol. The third-order valence-electron chi connectivity index (χ3n) is 2.62. The number of amides is 2. The van der Waals surface area contributed by atoms with E-state index in [1.807, 2.05) is 0 Å². The molecule has 0 atom stereocenters. The summed E-state index contributed by atoms with van der Waals surface area (Å²) in [6.07, 6.45) is 3.21. The van der Waals surface area contributed by atoms with Crippen LogP contribution in [0.3, 0.4) is 0 Å². The molecule has 0 aromatic carbocycles. The lowest BCUT2D eigenvalue weighted by molar-refractivity contribution is 0.254. The van der Waals surface area contributed by atoms with Gasteiger partial charge in [0.15, 0.2) is 0 Å². The maximum atomic E-state index is 11.9. The van der Waals surface area contributed by atoms with Crippen LogP contribution in [0.15, 0.2) is 45.9 Å². The molecule has 0 saturated heterocycles. The number of urea groups is 1. The summed E-state index contributed by atoms with van der Waals surface area (Å²) in [5, 5.41) is 0. The van der Waals surface area contributed by atoms with Crippen LogP contribution in [0.25, 0.3) is 11.3 Å². The van der Waals surface area contributed by atoms with Crippen molar-refractivity contribution < 1.29 is 9.21 Å². The van der Waals surface area contributed by atoms with Crippen molar-refractivity contribution in [3.63, 3.8) is 0 Å². The Labute approximate surface area is 109 Å². The summed E-state index contributed by atoms with van der Waals surface area (Å²) in [4.78, 5) is 28.2. The second-order valence-electron chi connectivity index (χ2n) is 3.80. The van der Waals surface area contributed by atoms with Gasteiger partial charge in [0, 0.05) is 24.5 Å². The third kappa shape index (κ3) is 2.62. The van der Waals surface area contributed by atoms with Crippen molar-refractivity contribution in [1.29, 1.82) is 0 Å². The maximum Gasteiger partial charge on any atom is 0.360 e. The molecule has 2 heterocycles. The normalized spacial score (nSPS) is 10.2. The molecule has 0 radical (unpaired) electrons. The summed E-state index contributed by atoms with van der Waals surface area (Å²) >= 11 is 0. The van der Waals surface area contributed by atoms with Gasteiger partial charge in [-0.3, -0.25) is 9.88 Å². The molecule has 2 amide bonds. The van der Waals surface area contributed by atoms with Gasteiger partial charge in [-0.05, 0) is 31.2 Å². The first-order valence-electron chi connectivity index (χ1n) is 5.75. The van der Waals surface area contributed by atoms with E-state index in [-0.39, 0.29) is 5.69 Å². The highest BCUT2D eigenvalue weighted by Gasteiger charge is 2.15. The topological polar surface area (TPSA) is 89.4 Å². The second kappa shape index (κ2) is 5.34. The first-order valence-corrected chi connectivity index (χ1v) is 5.75. The zero-order valence-electron chi connectivity index (χ0n) is 10.4. The van der Waals surface area contributed by atoms with Gasteiger partial charge in [-0.1, -0.05) is 0 Å². The number of aromatic nitrogens is 1. The van der Waals surface area contributed by atoms with E-state index in [1.54, 1.807) is 37.5 Å². The molecule has 0 aliphatic rings. The molecule has 2 rings (SSSR count). The number of pyridine rings is 1. The summed E-state index contributed by atoms with van der Waals surface area (Å²) in [6, 6.07) is 5.95. The largest absolute Gasteiger partial charge is 0.421 e. The van der Waals surface area contributed by atoms with Crippen LogP contribution in [0, 0.1) is 0 Å². The van der Waals surface area contributed by atoms with Crippen LogP contribution >= 0.6 is 0 Å². The molecule has 0 bridgehead atoms. The van der Waals surface area contributed by atoms with Gasteiger partial charge in [0.2, 0.25) is 0 Å². The quantitative estimate of drug-likeness (QED) is 0.906. The Balaban J connectivity index is 2.43. The number of hydrogen-bond acceptors (Lipinski definition) is 4. The van der Waals surface area contributed by atoms with Gasteiger partial charge < -0.3 is 10.2 Å². The molecule has 0 aliphatic heterocycles. The number of primary amides is 1. The number of nitrogens with zero attached hydrogens (tertiary/aromatic N) is 2. The van der Waals surface area contributed by atoms with Crippen molar-refractivity contribution in [3.8, 4) is 11.3 Å². The molecule has 0 saturated carbocycles. The number of anilines is 1. The summed E-state index contributed by atoms with van der Waals surface area (Å²) in [6.45, 7) is 2.02. The number of carbonyl (C=O) groups is 1. The number of hydrogen-bond donors (Lipinski definition) is 1. The van der Waals surface area contributed by atoms with Crippen LogP contribution in [0.1, 0.15) is 6.92 Å². The number of carbonyl (C=O) groups excluding carboxylic acids is 1. The van der Waals surface area contributed by atoms with E-state index in [0.29, 0.717) is 17.9 Å². The van der Waals surface area contributed by atoms with Crippen molar-refractivity contribution in [1.82, 2.24) is 4.98 Å². The second-order valence-corrected chi connectivity index (χ2v) is 3.80. The van der Waals surface area contributed by atoms with E-state index in [1.165, 1.54) is 6.07 Å². The number of rotatable bonds is 3. The van der Waals surface area contributed by atoms with Crippen molar-refractivity contribution in [3.05, 3.63) is 47.1 Å². The van der Waals surface area contributed by atoms with E-state index in [0.717, 1.165) is 4.90 Å². The van der Waals surface area contributed by atoms with Gasteiger partial charge in [0.1, 0.15) is 11.4 Å². The molecule has 0 unspecified atom stereocenters. The summed E-state index contributed by atoms with van der Waals surface area (Å²) in [5.41, 5.74) is 5.40. The van der Waals surface area contributed by atoms with Crippen LogP contribution in [0.4, 0.5) is 10.5 Å². The van der Waals surface area contributed by atoms with Gasteiger partial charge in [-0.2, -0.15) is 0 Å². The minimum Gasteiger partial charge on any atom is -0.421 e. The molecule has 6 heteroatoms. The van der Waals surface area contributed by atoms with Crippen molar-refractivity contribution in [2.75, 3.05) is 11.4 Å². The lowest BCUT2D eigenvalue weighted by Gasteiger charge is -2.16. The fraction of sp³-hybridized carbons (Fsp3) is 0.154. The van der Waals surface area contributed by atoms with Gasteiger partial charge in [-0.15, -0.1) is 0 Å². The zero-order valence-corrected chi connectivity index (χ0v) is 10.4. The van der Waals surface area contributed by atoms with Crippen molar-refractivity contribution in [2.24, 2.45) is 5.73 Å². The van der Waals surface area contributed by atoms with E-state index in [2.05, 4.69) is 4.98 Å². The molecule has 19 heavy (non-hydrogen) atoms. The Bertz CT molecular complexity index is 637. The smallest absolute Gasteiger partial charge is 0.360 e. The van der Waals surface area contributed by atoms with Crippen LogP contribution in [-0.2, 0) is 0 Å². The van der Waals surface area contributed by atoms with E-state index in [9.17, 15) is 9.59 Å². The van der Waals surface area contributed by atoms with E-state index in [4.69, 9.17) is 10.2 Å². The fourth-order valence-corrected chi connectivity index (χ4v) is 1.72. The summed E-state index contributed by atoms with van der Waals surface area (Å²) in [7, 11) is 0. The Morgan fingerprint density at radius 3 is 2.74 bits per heavy atom. The molecule has 2 aromatic heterocycles. The van der Waals surface area contributed by atoms with E-state index < -0.39 is 11.7 Å². The Morgan fingerprint density at radius 1 is 1.42 bits per heavy atom. The molecule has 6 nitrogen and oxygen atoms in total. The average molecular weight is 259 g/mol. The highest BCUT2D eigenvalue weighted by Crippen LogP contribution is 2.18. The molecule has 0 aliphatic carbocycles. The number of nitrogens with two attached hydrogens (primary N) is 1. The lowest BCUT2D eigenvalue weighted by Crippen LogP contribution is -2.38. The van der Waals surface area contributed by atoms with Gasteiger partial charge in [-0.25, -0.2) is 9.59 Å². The highest BCUT2D eigenvalue weighted by molar-refractivity contribution is 5.90. The molecular weight excluding hydrogens is 246 g/mol. The highest BCUT2D eigenvalue weighted by atomic mass is 16.4. The Kier molecular flexibility index (Phi) is 3.61. The fourth-order valence-electron chi connectivity index (χ4n) is 1.72. The molecule has 0 fully saturated rings. The first kappa shape index (κ1) is 12.8. The van der Waals surface area contributed by atoms with E-state index >= 15 is 0 Å². The minimum atomic E-state index is -0.691. The third-order valence-corrected chi connectivity index (χ3v) is 2.62. The molecular formula is C13H13N3O3. The van der Waals surface area contributed by atoms with Crippen molar-refractivity contribution in [2.45, 2.75) is 6.92 Å². The summed E-state index contributed by atoms with van der Waals surface area (Å²) < 4.78 is 5.18. The first-order chi connectivity index (χ1) is 9.13. The van der Waals surface area contributed by atoms with Crippen LogP contribution in [0.5, 0.6) is 0 Å². The molecule has 2 N–H and O–H groups in total. The molecule has 2 aromatic rings. The standard InChI is InChI=1S/C13H13N3O3/c1-2-16(13(14)18)10-5-6-11(19-12(10)17)9-4-3-7-15-8-9/h3-8H,2H2,1H3,(H2,14,18). The maximum absolute atomic E-state index is 11.9. The van der Waals surface area contributed by atoms with Crippen molar-refractivity contribution >= 4 is 11.7 Å². The molecule has 98 valence electrons. The monoisotopic (exact) mass is 259 g/mol. The lowest BCUT2D eigenvalue weighted by atomic mass is 10.2. The predicted octanol–water partition coefficient (Wildman–Crippen LogP) is 1.61. The molecule has 0 spiro atoms.